The molecule has 0 aliphatic heterocycles. The van der Waals surface area contributed by atoms with E-state index in [0.29, 0.717) is 0 Å². The van der Waals surface area contributed by atoms with E-state index >= 15 is 0 Å². The average Bonchev–Trinajstić information content (AvgIpc) is 2.84. The standard InChI is InChI=1S/C34H38N2/c1-33(2,3)29-15-7-25(8-16-29)23-27-11-19-31(20-12-27)35-36-32-21-13-28(14-22-32)24-26-9-17-30(18-10-26)34(4,5)6/h7-22H,23-24H2,1-6H3/b36-35+. The molecule has 0 saturated heterocycles. The summed E-state index contributed by atoms with van der Waals surface area (Å²) >= 11 is 0. The maximum absolute atomic E-state index is 4.43. The first kappa shape index (κ1) is 25.6. The summed E-state index contributed by atoms with van der Waals surface area (Å²) < 4.78 is 0. The molecule has 2 nitrogen and oxygen atoms in total. The third-order valence-corrected chi connectivity index (χ3v) is 6.61. The Kier molecular flexibility index (Phi) is 7.54. The third-order valence-electron chi connectivity index (χ3n) is 6.61. The van der Waals surface area contributed by atoms with Crippen LogP contribution >= 0.6 is 0 Å². The maximum Gasteiger partial charge on any atom is 0.0857 e. The fourth-order valence-corrected chi connectivity index (χ4v) is 4.19. The van der Waals surface area contributed by atoms with Crippen molar-refractivity contribution in [3.8, 4) is 0 Å². The molecule has 0 aliphatic rings. The number of hydrogen-bond acceptors (Lipinski definition) is 2. The van der Waals surface area contributed by atoms with E-state index in [1.165, 1.54) is 33.4 Å². The molecule has 0 aromatic heterocycles. The van der Waals surface area contributed by atoms with Crippen LogP contribution in [0, 0.1) is 0 Å². The highest BCUT2D eigenvalue weighted by atomic mass is 15.1. The third kappa shape index (κ3) is 7.01. The quantitative estimate of drug-likeness (QED) is 0.248. The molecule has 0 bridgehead atoms. The van der Waals surface area contributed by atoms with E-state index in [0.717, 1.165) is 24.2 Å². The van der Waals surface area contributed by atoms with Crippen LogP contribution in [0.25, 0.3) is 0 Å². The van der Waals surface area contributed by atoms with Crippen molar-refractivity contribution in [3.05, 3.63) is 130 Å². The lowest BCUT2D eigenvalue weighted by molar-refractivity contribution is 0.590. The van der Waals surface area contributed by atoms with Crippen molar-refractivity contribution < 1.29 is 0 Å². The molecule has 0 unspecified atom stereocenters. The second kappa shape index (κ2) is 10.6. The van der Waals surface area contributed by atoms with Gasteiger partial charge >= 0.3 is 0 Å². The number of hydrogen-bond donors (Lipinski definition) is 0. The number of benzene rings is 4. The van der Waals surface area contributed by atoms with Crippen molar-refractivity contribution in [2.45, 2.75) is 65.2 Å². The van der Waals surface area contributed by atoms with E-state index < -0.39 is 0 Å². The van der Waals surface area contributed by atoms with Gasteiger partial charge in [0.05, 0.1) is 11.4 Å². The molecule has 36 heavy (non-hydrogen) atoms. The Morgan fingerprint density at radius 2 is 0.639 bits per heavy atom. The highest BCUT2D eigenvalue weighted by Crippen LogP contribution is 2.25. The van der Waals surface area contributed by atoms with Crippen molar-refractivity contribution >= 4 is 11.4 Å². The van der Waals surface area contributed by atoms with Crippen molar-refractivity contribution in [2.24, 2.45) is 10.2 Å². The summed E-state index contributed by atoms with van der Waals surface area (Å²) in [6.45, 7) is 13.5. The summed E-state index contributed by atoms with van der Waals surface area (Å²) in [7, 11) is 0. The van der Waals surface area contributed by atoms with Crippen LogP contribution in [-0.2, 0) is 23.7 Å². The van der Waals surface area contributed by atoms with Crippen LogP contribution in [0.5, 0.6) is 0 Å². The van der Waals surface area contributed by atoms with Crippen LogP contribution in [-0.4, -0.2) is 0 Å². The molecule has 0 aliphatic carbocycles. The zero-order valence-corrected chi connectivity index (χ0v) is 22.5. The Labute approximate surface area is 217 Å². The fourth-order valence-electron chi connectivity index (χ4n) is 4.19. The van der Waals surface area contributed by atoms with E-state index in [1.807, 2.05) is 24.3 Å². The second-order valence-corrected chi connectivity index (χ2v) is 11.8. The van der Waals surface area contributed by atoms with E-state index in [9.17, 15) is 0 Å². The molecular weight excluding hydrogens is 436 g/mol. The molecule has 0 heterocycles. The van der Waals surface area contributed by atoms with Crippen LogP contribution in [0.4, 0.5) is 11.4 Å². The Bertz CT molecular complexity index is 1180. The first-order valence-electron chi connectivity index (χ1n) is 12.8. The first-order valence-corrected chi connectivity index (χ1v) is 12.8. The zero-order valence-electron chi connectivity index (χ0n) is 22.5. The molecule has 0 saturated carbocycles. The SMILES string of the molecule is CC(C)(C)c1ccc(Cc2ccc(/N=N/c3ccc(Cc4ccc(C(C)(C)C)cc4)cc3)cc2)cc1. The van der Waals surface area contributed by atoms with Crippen LogP contribution in [0.15, 0.2) is 107 Å². The molecule has 184 valence electrons. The molecule has 0 atom stereocenters. The number of nitrogens with zero attached hydrogens (tertiary/aromatic N) is 2. The fraction of sp³-hybridized carbons (Fsp3) is 0.294. The van der Waals surface area contributed by atoms with Crippen molar-refractivity contribution in [1.82, 2.24) is 0 Å². The largest absolute Gasteiger partial charge is 0.151 e. The lowest BCUT2D eigenvalue weighted by Crippen LogP contribution is -2.10. The lowest BCUT2D eigenvalue weighted by atomic mass is 9.86. The Morgan fingerprint density at radius 1 is 0.389 bits per heavy atom. The van der Waals surface area contributed by atoms with Crippen LogP contribution in [0.1, 0.15) is 74.9 Å². The molecule has 0 radical (unpaired) electrons. The summed E-state index contributed by atoms with van der Waals surface area (Å²) in [4.78, 5) is 0. The second-order valence-electron chi connectivity index (χ2n) is 11.8. The van der Waals surface area contributed by atoms with Gasteiger partial charge in [0.25, 0.3) is 0 Å². The topological polar surface area (TPSA) is 24.7 Å². The van der Waals surface area contributed by atoms with Crippen molar-refractivity contribution in [2.75, 3.05) is 0 Å². The maximum atomic E-state index is 4.43. The molecular formula is C34H38N2. The number of rotatable bonds is 6. The average molecular weight is 475 g/mol. The van der Waals surface area contributed by atoms with E-state index in [2.05, 4.69) is 125 Å². The Hall–Kier alpha value is -3.52. The number of azo groups is 1. The molecule has 4 rings (SSSR count). The summed E-state index contributed by atoms with van der Waals surface area (Å²) in [6.07, 6.45) is 1.84. The van der Waals surface area contributed by atoms with Gasteiger partial charge in [0.1, 0.15) is 0 Å². The Morgan fingerprint density at radius 3 is 0.889 bits per heavy atom. The minimum atomic E-state index is 0.184. The summed E-state index contributed by atoms with van der Waals surface area (Å²) in [5.41, 5.74) is 10.0. The summed E-state index contributed by atoms with van der Waals surface area (Å²) in [5.74, 6) is 0. The molecule has 4 aromatic carbocycles. The highest BCUT2D eigenvalue weighted by molar-refractivity contribution is 5.44. The van der Waals surface area contributed by atoms with E-state index in [1.54, 1.807) is 0 Å². The molecule has 2 heteroatoms. The van der Waals surface area contributed by atoms with Gasteiger partial charge < -0.3 is 0 Å². The van der Waals surface area contributed by atoms with Gasteiger partial charge in [0, 0.05) is 0 Å². The predicted molar refractivity (Wildman–Crippen MR) is 153 cm³/mol. The molecule has 0 spiro atoms. The van der Waals surface area contributed by atoms with Gasteiger partial charge in [-0.2, -0.15) is 10.2 Å². The molecule has 0 N–H and O–H groups in total. The summed E-state index contributed by atoms with van der Waals surface area (Å²) in [5, 5.41) is 8.87. The first-order chi connectivity index (χ1) is 17.1. The monoisotopic (exact) mass is 474 g/mol. The van der Waals surface area contributed by atoms with Gasteiger partial charge in [-0.05, 0) is 81.3 Å². The summed E-state index contributed by atoms with van der Waals surface area (Å²) in [6, 6.07) is 34.6. The van der Waals surface area contributed by atoms with Gasteiger partial charge in [0.2, 0.25) is 0 Å². The van der Waals surface area contributed by atoms with E-state index in [4.69, 9.17) is 0 Å². The van der Waals surface area contributed by atoms with Gasteiger partial charge in [0.15, 0.2) is 0 Å². The predicted octanol–water partition coefficient (Wildman–Crippen LogP) is 9.88. The van der Waals surface area contributed by atoms with Crippen LogP contribution in [0.2, 0.25) is 0 Å². The van der Waals surface area contributed by atoms with E-state index in [-0.39, 0.29) is 10.8 Å². The van der Waals surface area contributed by atoms with Gasteiger partial charge in [-0.15, -0.1) is 0 Å². The van der Waals surface area contributed by atoms with Crippen LogP contribution in [0.3, 0.4) is 0 Å². The smallest absolute Gasteiger partial charge is 0.0857 e. The van der Waals surface area contributed by atoms with Crippen LogP contribution < -0.4 is 0 Å². The molecule has 0 fully saturated rings. The molecule has 4 aromatic rings. The Balaban J connectivity index is 1.33. The zero-order chi connectivity index (χ0) is 25.8. The molecule has 0 amide bonds. The van der Waals surface area contributed by atoms with Crippen molar-refractivity contribution in [3.63, 3.8) is 0 Å². The minimum absolute atomic E-state index is 0.184. The highest BCUT2D eigenvalue weighted by Gasteiger charge is 2.13. The van der Waals surface area contributed by atoms with Gasteiger partial charge in [-0.3, -0.25) is 0 Å². The van der Waals surface area contributed by atoms with Gasteiger partial charge in [-0.25, -0.2) is 0 Å². The van der Waals surface area contributed by atoms with Crippen molar-refractivity contribution in [1.29, 1.82) is 0 Å². The lowest BCUT2D eigenvalue weighted by Gasteiger charge is -2.19. The van der Waals surface area contributed by atoms with Gasteiger partial charge in [-0.1, -0.05) is 114 Å². The minimum Gasteiger partial charge on any atom is -0.151 e. The normalized spacial score (nSPS) is 12.3.